The largest absolute Gasteiger partial charge is 0.291 e. The molecule has 0 heterocycles. The van der Waals surface area contributed by atoms with Crippen LogP contribution in [0.2, 0.25) is 0 Å². The molecule has 1 nitrogen and oxygen atoms in total. The fourth-order valence-electron chi connectivity index (χ4n) is 0.872. The lowest BCUT2D eigenvalue weighted by Gasteiger charge is -2.23. The van der Waals surface area contributed by atoms with Gasteiger partial charge in [-0.2, -0.15) is 0 Å². The molecule has 0 bridgehead atoms. The van der Waals surface area contributed by atoms with E-state index < -0.39 is 0 Å². The summed E-state index contributed by atoms with van der Waals surface area (Å²) in [5, 5.41) is 0. The normalized spacial score (nSPS) is 15.1. The molecule has 1 unspecified atom stereocenters. The van der Waals surface area contributed by atoms with Gasteiger partial charge < -0.3 is 0 Å². The highest BCUT2D eigenvalue weighted by molar-refractivity contribution is 5.55. The fourth-order valence-corrected chi connectivity index (χ4v) is 0.872. The molecule has 0 aromatic heterocycles. The van der Waals surface area contributed by atoms with Crippen LogP contribution in [0.25, 0.3) is 0 Å². The molecular formula is C8H15O. The molecule has 0 aromatic rings. The lowest BCUT2D eigenvalue weighted by molar-refractivity contribution is 0.295. The van der Waals surface area contributed by atoms with Gasteiger partial charge in [0.2, 0.25) is 6.29 Å². The molecule has 1 atom stereocenters. The first kappa shape index (κ1) is 8.67. The molecule has 0 aliphatic carbocycles. The first-order valence-electron chi connectivity index (χ1n) is 3.40. The highest BCUT2D eigenvalue weighted by Gasteiger charge is 2.22. The summed E-state index contributed by atoms with van der Waals surface area (Å²) in [4.78, 5) is 10.3. The molecular weight excluding hydrogens is 112 g/mol. The van der Waals surface area contributed by atoms with E-state index in [9.17, 15) is 4.79 Å². The van der Waals surface area contributed by atoms with Crippen LogP contribution in [0.4, 0.5) is 0 Å². The molecule has 0 spiro atoms. The van der Waals surface area contributed by atoms with Gasteiger partial charge in [-0.3, -0.25) is 4.79 Å². The Bertz CT molecular complexity index is 89.2. The van der Waals surface area contributed by atoms with Gasteiger partial charge in [-0.15, -0.1) is 0 Å². The number of rotatable bonds is 2. The maximum absolute atomic E-state index is 10.3. The van der Waals surface area contributed by atoms with Crippen LogP contribution in [0.15, 0.2) is 0 Å². The number of hydrogen-bond donors (Lipinski definition) is 0. The second kappa shape index (κ2) is 3.00. The van der Waals surface area contributed by atoms with Crippen molar-refractivity contribution >= 4 is 6.29 Å². The van der Waals surface area contributed by atoms with Crippen molar-refractivity contribution < 1.29 is 4.79 Å². The third-order valence-electron chi connectivity index (χ3n) is 1.60. The van der Waals surface area contributed by atoms with Crippen molar-refractivity contribution in [1.29, 1.82) is 0 Å². The van der Waals surface area contributed by atoms with Crippen molar-refractivity contribution in [2.45, 2.75) is 34.1 Å². The molecule has 1 radical (unpaired) electrons. The highest BCUT2D eigenvalue weighted by Crippen LogP contribution is 2.26. The summed E-state index contributed by atoms with van der Waals surface area (Å²) in [6, 6.07) is 0. The predicted octanol–water partition coefficient (Wildman–Crippen LogP) is 2.17. The second-order valence-corrected chi connectivity index (χ2v) is 3.44. The fraction of sp³-hybridized carbons (Fsp3) is 0.875. The lowest BCUT2D eigenvalue weighted by atomic mass is 9.80. The van der Waals surface area contributed by atoms with Crippen molar-refractivity contribution in [3.8, 4) is 0 Å². The predicted molar refractivity (Wildman–Crippen MR) is 38.9 cm³/mol. The van der Waals surface area contributed by atoms with Gasteiger partial charge in [-0.25, -0.2) is 0 Å². The summed E-state index contributed by atoms with van der Waals surface area (Å²) in [7, 11) is 0. The van der Waals surface area contributed by atoms with Crippen molar-refractivity contribution in [2.24, 2.45) is 11.3 Å². The molecule has 0 fully saturated rings. The Kier molecular flexibility index (Phi) is 2.89. The smallest absolute Gasteiger partial charge is 0.202 e. The monoisotopic (exact) mass is 127 g/mol. The van der Waals surface area contributed by atoms with E-state index in [0.29, 0.717) is 0 Å². The number of hydrogen-bond acceptors (Lipinski definition) is 1. The van der Waals surface area contributed by atoms with E-state index in [4.69, 9.17) is 0 Å². The van der Waals surface area contributed by atoms with Crippen LogP contribution in [0.3, 0.4) is 0 Å². The third kappa shape index (κ3) is 2.64. The summed E-state index contributed by atoms with van der Waals surface area (Å²) in [6.45, 7) is 8.20. The zero-order valence-corrected chi connectivity index (χ0v) is 6.69. The minimum absolute atomic E-state index is 0.0938. The summed E-state index contributed by atoms with van der Waals surface area (Å²) in [5.74, 6) is 0.0949. The number of carbonyl (C=O) groups excluding carboxylic acids is 1. The topological polar surface area (TPSA) is 17.1 Å². The molecule has 0 aromatic carbocycles. The van der Waals surface area contributed by atoms with Gasteiger partial charge >= 0.3 is 0 Å². The SMILES string of the molecule is CCC([C]=O)C(C)(C)C. The molecule has 0 N–H and O–H groups in total. The van der Waals surface area contributed by atoms with Crippen molar-refractivity contribution in [1.82, 2.24) is 0 Å². The van der Waals surface area contributed by atoms with E-state index in [1.807, 2.05) is 13.2 Å². The van der Waals surface area contributed by atoms with Crippen LogP contribution >= 0.6 is 0 Å². The van der Waals surface area contributed by atoms with Crippen LogP contribution in [0.1, 0.15) is 34.1 Å². The Morgan fingerprint density at radius 2 is 1.89 bits per heavy atom. The van der Waals surface area contributed by atoms with Crippen molar-refractivity contribution in [3.05, 3.63) is 0 Å². The average molecular weight is 127 g/mol. The molecule has 1 heteroatoms. The van der Waals surface area contributed by atoms with E-state index in [1.165, 1.54) is 0 Å². The van der Waals surface area contributed by atoms with E-state index >= 15 is 0 Å². The van der Waals surface area contributed by atoms with E-state index in [1.54, 1.807) is 0 Å². The van der Waals surface area contributed by atoms with Gasteiger partial charge in [0.15, 0.2) is 0 Å². The molecule has 9 heavy (non-hydrogen) atoms. The van der Waals surface area contributed by atoms with Gasteiger partial charge in [-0.1, -0.05) is 27.7 Å². The molecule has 0 rings (SSSR count). The molecule has 0 aliphatic rings. The molecule has 0 saturated heterocycles. The molecule has 0 aliphatic heterocycles. The zero-order chi connectivity index (χ0) is 7.49. The minimum Gasteiger partial charge on any atom is -0.291 e. The van der Waals surface area contributed by atoms with E-state index in [-0.39, 0.29) is 11.3 Å². The zero-order valence-electron chi connectivity index (χ0n) is 6.69. The van der Waals surface area contributed by atoms with Crippen LogP contribution in [-0.4, -0.2) is 6.29 Å². The minimum atomic E-state index is 0.0938. The Hall–Kier alpha value is -0.330. The highest BCUT2D eigenvalue weighted by atomic mass is 16.1. The maximum atomic E-state index is 10.3. The Balaban J connectivity index is 3.94. The first-order chi connectivity index (χ1) is 4.02. The van der Waals surface area contributed by atoms with Crippen LogP contribution in [-0.2, 0) is 4.79 Å². The quantitative estimate of drug-likeness (QED) is 0.555. The van der Waals surface area contributed by atoms with Crippen LogP contribution < -0.4 is 0 Å². The average Bonchev–Trinajstić information content (AvgIpc) is 1.65. The molecule has 53 valence electrons. The summed E-state index contributed by atoms with van der Waals surface area (Å²) in [5.41, 5.74) is 0.0938. The van der Waals surface area contributed by atoms with Crippen LogP contribution in [0, 0.1) is 11.3 Å². The Morgan fingerprint density at radius 1 is 1.44 bits per heavy atom. The lowest BCUT2D eigenvalue weighted by Crippen LogP contribution is -2.20. The maximum Gasteiger partial charge on any atom is 0.202 e. The van der Waals surface area contributed by atoms with Gasteiger partial charge in [0.25, 0.3) is 0 Å². The standard InChI is InChI=1S/C8H15O/c1-5-7(6-9)8(2,3)4/h7H,5H2,1-4H3. The Morgan fingerprint density at radius 3 is 1.89 bits per heavy atom. The van der Waals surface area contributed by atoms with E-state index in [0.717, 1.165) is 6.42 Å². The van der Waals surface area contributed by atoms with Gasteiger partial charge in [0.1, 0.15) is 0 Å². The van der Waals surface area contributed by atoms with Crippen LogP contribution in [0.5, 0.6) is 0 Å². The first-order valence-corrected chi connectivity index (χ1v) is 3.40. The summed E-state index contributed by atoms with van der Waals surface area (Å²) >= 11 is 0. The summed E-state index contributed by atoms with van der Waals surface area (Å²) in [6.07, 6.45) is 2.94. The van der Waals surface area contributed by atoms with Gasteiger partial charge in [-0.05, 0) is 11.8 Å². The van der Waals surface area contributed by atoms with E-state index in [2.05, 4.69) is 20.8 Å². The van der Waals surface area contributed by atoms with Crippen molar-refractivity contribution in [2.75, 3.05) is 0 Å². The summed E-state index contributed by atoms with van der Waals surface area (Å²) < 4.78 is 0. The van der Waals surface area contributed by atoms with Gasteiger partial charge in [0.05, 0.1) is 0 Å². The second-order valence-electron chi connectivity index (χ2n) is 3.44. The third-order valence-corrected chi connectivity index (χ3v) is 1.60. The molecule has 0 amide bonds. The molecule has 0 saturated carbocycles. The van der Waals surface area contributed by atoms with Crippen molar-refractivity contribution in [3.63, 3.8) is 0 Å². The van der Waals surface area contributed by atoms with Gasteiger partial charge in [0, 0.05) is 5.92 Å². The Labute approximate surface area is 57.5 Å².